The van der Waals surface area contributed by atoms with E-state index >= 15 is 0 Å². The molecule has 2 N–H and O–H groups in total. The van der Waals surface area contributed by atoms with Crippen molar-refractivity contribution in [2.24, 2.45) is 5.41 Å². The predicted molar refractivity (Wildman–Crippen MR) is 71.0 cm³/mol. The molecule has 19 heavy (non-hydrogen) atoms. The van der Waals surface area contributed by atoms with E-state index in [2.05, 4.69) is 5.32 Å². The molecular formula is C13H24N2O4. The summed E-state index contributed by atoms with van der Waals surface area (Å²) in [4.78, 5) is 25.0. The van der Waals surface area contributed by atoms with Crippen molar-refractivity contribution < 1.29 is 19.4 Å². The Morgan fingerprint density at radius 2 is 2.11 bits per heavy atom. The molecular weight excluding hydrogens is 248 g/mol. The van der Waals surface area contributed by atoms with E-state index in [4.69, 9.17) is 4.74 Å². The smallest absolute Gasteiger partial charge is 0.326 e. The van der Waals surface area contributed by atoms with Crippen LogP contribution in [0.1, 0.15) is 34.1 Å². The van der Waals surface area contributed by atoms with Gasteiger partial charge in [-0.15, -0.1) is 0 Å². The maximum Gasteiger partial charge on any atom is 0.326 e. The van der Waals surface area contributed by atoms with E-state index in [0.29, 0.717) is 19.7 Å². The minimum atomic E-state index is -1.01. The van der Waals surface area contributed by atoms with Gasteiger partial charge in [-0.2, -0.15) is 0 Å². The van der Waals surface area contributed by atoms with Crippen molar-refractivity contribution in [1.82, 2.24) is 10.2 Å². The first kappa shape index (κ1) is 15.8. The van der Waals surface area contributed by atoms with Crippen molar-refractivity contribution in [1.29, 1.82) is 0 Å². The van der Waals surface area contributed by atoms with Crippen LogP contribution in [0, 0.1) is 5.41 Å². The van der Waals surface area contributed by atoms with Gasteiger partial charge in [0.1, 0.15) is 6.04 Å². The molecule has 0 saturated carbocycles. The molecule has 0 aromatic carbocycles. The molecule has 0 spiro atoms. The van der Waals surface area contributed by atoms with Crippen LogP contribution in [0.4, 0.5) is 4.79 Å². The van der Waals surface area contributed by atoms with Gasteiger partial charge in [0.05, 0.1) is 12.7 Å². The topological polar surface area (TPSA) is 78.9 Å². The van der Waals surface area contributed by atoms with E-state index in [9.17, 15) is 14.7 Å². The molecule has 2 amide bonds. The molecule has 1 aliphatic heterocycles. The van der Waals surface area contributed by atoms with Crippen LogP contribution in [0.3, 0.4) is 0 Å². The monoisotopic (exact) mass is 272 g/mol. The summed E-state index contributed by atoms with van der Waals surface area (Å²) in [5, 5.41) is 11.8. The highest BCUT2D eigenvalue weighted by Gasteiger charge is 2.34. The summed E-state index contributed by atoms with van der Waals surface area (Å²) >= 11 is 0. The molecule has 6 nitrogen and oxygen atoms in total. The number of rotatable bonds is 3. The van der Waals surface area contributed by atoms with Crippen molar-refractivity contribution in [3.63, 3.8) is 0 Å². The number of amides is 2. The highest BCUT2D eigenvalue weighted by atomic mass is 16.5. The standard InChI is InChI=1S/C13H24N2O4/c1-5-9-8-15(6-7-19-9)12(18)14-10(11(16)17)13(2,3)4/h9-10H,5-8H2,1-4H3,(H,14,18)(H,16,17)/t9?,10-/m0/s1. The summed E-state index contributed by atoms with van der Waals surface area (Å²) in [6.07, 6.45) is 0.878. The number of carboxylic acid groups (broad SMARTS) is 1. The van der Waals surface area contributed by atoms with Crippen LogP contribution in [0.5, 0.6) is 0 Å². The highest BCUT2D eigenvalue weighted by molar-refractivity contribution is 5.83. The van der Waals surface area contributed by atoms with Gasteiger partial charge in [-0.1, -0.05) is 27.7 Å². The molecule has 0 radical (unpaired) electrons. The number of nitrogens with one attached hydrogen (secondary N) is 1. The molecule has 1 fully saturated rings. The third-order valence-electron chi connectivity index (χ3n) is 3.26. The number of urea groups is 1. The van der Waals surface area contributed by atoms with Crippen molar-refractivity contribution in [3.05, 3.63) is 0 Å². The van der Waals surface area contributed by atoms with Gasteiger partial charge in [0.25, 0.3) is 0 Å². The third kappa shape index (κ3) is 4.38. The minimum Gasteiger partial charge on any atom is -0.480 e. The molecule has 0 bridgehead atoms. The Morgan fingerprint density at radius 3 is 2.58 bits per heavy atom. The second kappa shape index (κ2) is 6.23. The number of carbonyl (C=O) groups excluding carboxylic acids is 1. The summed E-state index contributed by atoms with van der Waals surface area (Å²) in [6, 6.07) is -1.23. The molecule has 1 rings (SSSR count). The predicted octanol–water partition coefficient (Wildman–Crippen LogP) is 1.31. The highest BCUT2D eigenvalue weighted by Crippen LogP contribution is 2.20. The van der Waals surface area contributed by atoms with Crippen LogP contribution in [-0.4, -0.2) is 53.8 Å². The van der Waals surface area contributed by atoms with Crippen LogP contribution in [0.25, 0.3) is 0 Å². The lowest BCUT2D eigenvalue weighted by Gasteiger charge is -2.35. The quantitative estimate of drug-likeness (QED) is 0.812. The zero-order chi connectivity index (χ0) is 14.6. The average Bonchev–Trinajstić information content (AvgIpc) is 2.33. The lowest BCUT2D eigenvalue weighted by Crippen LogP contribution is -2.56. The summed E-state index contributed by atoms with van der Waals surface area (Å²) in [7, 11) is 0. The van der Waals surface area contributed by atoms with Gasteiger partial charge < -0.3 is 20.1 Å². The second-order valence-corrected chi connectivity index (χ2v) is 5.93. The van der Waals surface area contributed by atoms with E-state index in [0.717, 1.165) is 6.42 Å². The van der Waals surface area contributed by atoms with E-state index in [1.165, 1.54) is 0 Å². The van der Waals surface area contributed by atoms with Crippen LogP contribution in [0.15, 0.2) is 0 Å². The van der Waals surface area contributed by atoms with E-state index < -0.39 is 17.4 Å². The Kier molecular flexibility index (Phi) is 5.17. The fraction of sp³-hybridized carbons (Fsp3) is 0.846. The first-order valence-electron chi connectivity index (χ1n) is 6.65. The first-order valence-corrected chi connectivity index (χ1v) is 6.65. The maximum absolute atomic E-state index is 12.1. The van der Waals surface area contributed by atoms with Gasteiger partial charge in [-0.25, -0.2) is 9.59 Å². The summed E-state index contributed by atoms with van der Waals surface area (Å²) < 4.78 is 5.49. The van der Waals surface area contributed by atoms with Crippen molar-refractivity contribution >= 4 is 12.0 Å². The molecule has 1 unspecified atom stereocenters. The Morgan fingerprint density at radius 1 is 1.47 bits per heavy atom. The Balaban J connectivity index is 2.64. The Hall–Kier alpha value is -1.30. The van der Waals surface area contributed by atoms with Crippen molar-refractivity contribution in [2.45, 2.75) is 46.3 Å². The fourth-order valence-corrected chi connectivity index (χ4v) is 2.01. The summed E-state index contributed by atoms with van der Waals surface area (Å²) in [5.74, 6) is -1.01. The molecule has 110 valence electrons. The normalized spacial score (nSPS) is 21.9. The van der Waals surface area contributed by atoms with E-state index in [-0.39, 0.29) is 12.1 Å². The van der Waals surface area contributed by atoms with Crippen LogP contribution in [-0.2, 0) is 9.53 Å². The molecule has 1 aliphatic rings. The average molecular weight is 272 g/mol. The van der Waals surface area contributed by atoms with E-state index in [1.807, 2.05) is 6.92 Å². The van der Waals surface area contributed by atoms with Crippen molar-refractivity contribution in [3.8, 4) is 0 Å². The van der Waals surface area contributed by atoms with Gasteiger partial charge in [0.15, 0.2) is 0 Å². The number of carboxylic acids is 1. The van der Waals surface area contributed by atoms with Crippen LogP contribution in [0.2, 0.25) is 0 Å². The summed E-state index contributed by atoms with van der Waals surface area (Å²) in [5.41, 5.74) is -0.530. The Labute approximate surface area is 114 Å². The number of morpholine rings is 1. The van der Waals surface area contributed by atoms with Crippen LogP contribution >= 0.6 is 0 Å². The largest absolute Gasteiger partial charge is 0.480 e. The fourth-order valence-electron chi connectivity index (χ4n) is 2.01. The zero-order valence-electron chi connectivity index (χ0n) is 12.1. The lowest BCUT2D eigenvalue weighted by molar-refractivity contribution is -0.142. The van der Waals surface area contributed by atoms with E-state index in [1.54, 1.807) is 25.7 Å². The molecule has 0 aromatic heterocycles. The number of carbonyl (C=O) groups is 2. The molecule has 0 aromatic rings. The lowest BCUT2D eigenvalue weighted by atomic mass is 9.87. The maximum atomic E-state index is 12.1. The Bertz CT molecular complexity index is 338. The van der Waals surface area contributed by atoms with Gasteiger partial charge in [0.2, 0.25) is 0 Å². The first-order chi connectivity index (χ1) is 8.75. The minimum absolute atomic E-state index is 0.0393. The summed E-state index contributed by atoms with van der Waals surface area (Å²) in [6.45, 7) is 8.89. The van der Waals surface area contributed by atoms with Gasteiger partial charge in [-0.05, 0) is 11.8 Å². The van der Waals surface area contributed by atoms with Crippen LogP contribution < -0.4 is 5.32 Å². The van der Waals surface area contributed by atoms with Crippen molar-refractivity contribution in [2.75, 3.05) is 19.7 Å². The molecule has 2 atom stereocenters. The number of ether oxygens (including phenoxy) is 1. The molecule has 1 heterocycles. The molecule has 1 saturated heterocycles. The molecule has 6 heteroatoms. The number of hydrogen-bond acceptors (Lipinski definition) is 3. The second-order valence-electron chi connectivity index (χ2n) is 5.93. The third-order valence-corrected chi connectivity index (χ3v) is 3.26. The zero-order valence-corrected chi connectivity index (χ0v) is 12.1. The number of hydrogen-bond donors (Lipinski definition) is 2. The number of aliphatic carboxylic acids is 1. The SMILES string of the molecule is CCC1CN(C(=O)N[C@@H](C(=O)O)C(C)(C)C)CCO1. The van der Waals surface area contributed by atoms with Gasteiger partial charge >= 0.3 is 12.0 Å². The molecule has 0 aliphatic carbocycles. The number of nitrogens with zero attached hydrogens (tertiary/aromatic N) is 1. The van der Waals surface area contributed by atoms with Gasteiger partial charge in [0, 0.05) is 13.1 Å². The van der Waals surface area contributed by atoms with Gasteiger partial charge in [-0.3, -0.25) is 0 Å².